The fraction of sp³-hybridized carbons (Fsp3) is 0.222. The predicted octanol–water partition coefficient (Wildman–Crippen LogP) is 2.68. The molecule has 140 valence electrons. The van der Waals surface area contributed by atoms with Crippen molar-refractivity contribution in [2.75, 3.05) is 11.9 Å². The number of carbonyl (C=O) groups excluding carboxylic acids is 2. The number of aromatic nitrogens is 2. The lowest BCUT2D eigenvalue weighted by atomic mass is 10.4. The van der Waals surface area contributed by atoms with Crippen molar-refractivity contribution in [3.63, 3.8) is 0 Å². The van der Waals surface area contributed by atoms with E-state index in [1.807, 2.05) is 0 Å². The Kier molecular flexibility index (Phi) is 5.51. The number of furan rings is 1. The Hall–Kier alpha value is -3.20. The minimum atomic E-state index is -0.495. The number of hydrogen-bond donors (Lipinski definition) is 1. The van der Waals surface area contributed by atoms with Crippen LogP contribution < -0.4 is 10.9 Å². The maximum Gasteiger partial charge on any atom is 0.350 e. The maximum atomic E-state index is 12.3. The van der Waals surface area contributed by atoms with Gasteiger partial charge in [0.25, 0.3) is 11.5 Å². The molecule has 0 fully saturated rings. The first-order chi connectivity index (χ1) is 13.0. The zero-order valence-corrected chi connectivity index (χ0v) is 15.5. The summed E-state index contributed by atoms with van der Waals surface area (Å²) in [6, 6.07) is 7.99. The van der Waals surface area contributed by atoms with E-state index in [-0.39, 0.29) is 29.6 Å². The highest BCUT2D eigenvalue weighted by atomic mass is 32.1. The van der Waals surface area contributed by atoms with Crippen LogP contribution in [0.15, 0.2) is 45.7 Å². The van der Waals surface area contributed by atoms with Crippen LogP contribution in [-0.4, -0.2) is 28.0 Å². The molecular weight excluding hydrogens is 370 g/mol. The molecule has 1 N–H and O–H groups in total. The number of pyridine rings is 1. The normalized spacial score (nSPS) is 10.6. The first-order valence-electron chi connectivity index (χ1n) is 8.18. The summed E-state index contributed by atoms with van der Waals surface area (Å²) in [7, 11) is 0. The van der Waals surface area contributed by atoms with E-state index in [1.165, 1.54) is 16.7 Å². The van der Waals surface area contributed by atoms with Crippen LogP contribution in [0.25, 0.3) is 0 Å². The molecule has 3 heterocycles. The summed E-state index contributed by atoms with van der Waals surface area (Å²) < 4.78 is 11.9. The molecule has 0 spiro atoms. The van der Waals surface area contributed by atoms with Crippen LogP contribution in [0.5, 0.6) is 0 Å². The summed E-state index contributed by atoms with van der Waals surface area (Å²) in [6.45, 7) is 3.86. The number of esters is 1. The molecule has 0 aliphatic carbocycles. The topological polar surface area (TPSA) is 103 Å². The fourth-order valence-electron chi connectivity index (χ4n) is 2.34. The van der Waals surface area contributed by atoms with Crippen molar-refractivity contribution in [1.29, 1.82) is 0 Å². The van der Waals surface area contributed by atoms with Crippen molar-refractivity contribution in [3.05, 3.63) is 69.0 Å². The predicted molar refractivity (Wildman–Crippen MR) is 99.3 cm³/mol. The molecule has 3 rings (SSSR count). The maximum absolute atomic E-state index is 12.3. The Morgan fingerprint density at radius 1 is 1.30 bits per heavy atom. The van der Waals surface area contributed by atoms with Gasteiger partial charge in [-0.3, -0.25) is 14.9 Å². The van der Waals surface area contributed by atoms with E-state index < -0.39 is 11.9 Å². The SMILES string of the molecule is CCOC(=O)c1sc(NC(=O)c2ccc(Cn3ccccc3=O)o2)nc1C. The van der Waals surface area contributed by atoms with Gasteiger partial charge in [-0.1, -0.05) is 17.4 Å². The zero-order chi connectivity index (χ0) is 19.4. The highest BCUT2D eigenvalue weighted by molar-refractivity contribution is 7.17. The monoisotopic (exact) mass is 387 g/mol. The molecular formula is C18H17N3O5S. The Balaban J connectivity index is 1.70. The molecule has 1 amide bonds. The van der Waals surface area contributed by atoms with Crippen LogP contribution in [-0.2, 0) is 11.3 Å². The second-order valence-electron chi connectivity index (χ2n) is 5.54. The fourth-order valence-corrected chi connectivity index (χ4v) is 3.19. The molecule has 3 aromatic heterocycles. The number of rotatable bonds is 6. The van der Waals surface area contributed by atoms with E-state index in [4.69, 9.17) is 9.15 Å². The van der Waals surface area contributed by atoms with Gasteiger partial charge in [-0.15, -0.1) is 0 Å². The van der Waals surface area contributed by atoms with Crippen LogP contribution in [0.3, 0.4) is 0 Å². The summed E-state index contributed by atoms with van der Waals surface area (Å²) in [5, 5.41) is 2.88. The summed E-state index contributed by atoms with van der Waals surface area (Å²) in [4.78, 5) is 40.4. The molecule has 0 saturated carbocycles. The average Bonchev–Trinajstić information content (AvgIpc) is 3.24. The van der Waals surface area contributed by atoms with E-state index in [1.54, 1.807) is 38.2 Å². The number of amides is 1. The van der Waals surface area contributed by atoms with Crippen LogP contribution in [0.2, 0.25) is 0 Å². The van der Waals surface area contributed by atoms with E-state index >= 15 is 0 Å². The highest BCUT2D eigenvalue weighted by Gasteiger charge is 2.19. The second-order valence-corrected chi connectivity index (χ2v) is 6.54. The molecule has 0 atom stereocenters. The van der Waals surface area contributed by atoms with Crippen molar-refractivity contribution in [1.82, 2.24) is 9.55 Å². The van der Waals surface area contributed by atoms with Gasteiger partial charge in [-0.2, -0.15) is 0 Å². The lowest BCUT2D eigenvalue weighted by molar-refractivity contribution is 0.0531. The smallest absolute Gasteiger partial charge is 0.350 e. The molecule has 0 unspecified atom stereocenters. The number of nitrogens with zero attached hydrogens (tertiary/aromatic N) is 2. The first kappa shape index (κ1) is 18.6. The number of hydrogen-bond acceptors (Lipinski definition) is 7. The van der Waals surface area contributed by atoms with Gasteiger partial charge >= 0.3 is 5.97 Å². The van der Waals surface area contributed by atoms with E-state index in [2.05, 4.69) is 10.3 Å². The van der Waals surface area contributed by atoms with Gasteiger partial charge in [0.1, 0.15) is 10.6 Å². The summed E-state index contributed by atoms with van der Waals surface area (Å²) >= 11 is 1.04. The zero-order valence-electron chi connectivity index (χ0n) is 14.7. The first-order valence-corrected chi connectivity index (χ1v) is 8.99. The lowest BCUT2D eigenvalue weighted by Crippen LogP contribution is -2.18. The van der Waals surface area contributed by atoms with Crippen LogP contribution in [0.1, 0.15) is 38.6 Å². The van der Waals surface area contributed by atoms with Crippen LogP contribution in [0, 0.1) is 6.92 Å². The van der Waals surface area contributed by atoms with Crippen molar-refractivity contribution < 1.29 is 18.7 Å². The van der Waals surface area contributed by atoms with Gasteiger partial charge in [0, 0.05) is 12.3 Å². The molecule has 0 aliphatic heterocycles. The van der Waals surface area contributed by atoms with Gasteiger partial charge in [-0.05, 0) is 32.0 Å². The molecule has 9 heteroatoms. The average molecular weight is 387 g/mol. The van der Waals surface area contributed by atoms with Crippen molar-refractivity contribution in [2.24, 2.45) is 0 Å². The number of aryl methyl sites for hydroxylation is 1. The van der Waals surface area contributed by atoms with Gasteiger partial charge < -0.3 is 13.7 Å². The third-order valence-electron chi connectivity index (χ3n) is 3.59. The lowest BCUT2D eigenvalue weighted by Gasteiger charge is -2.02. The van der Waals surface area contributed by atoms with E-state index in [0.717, 1.165) is 11.3 Å². The van der Waals surface area contributed by atoms with Crippen LogP contribution in [0.4, 0.5) is 5.13 Å². The number of carbonyl (C=O) groups is 2. The molecule has 3 aromatic rings. The Labute approximate surface area is 158 Å². The van der Waals surface area contributed by atoms with Gasteiger partial charge in [0.2, 0.25) is 0 Å². The second kappa shape index (κ2) is 8.00. The number of thiazole rings is 1. The van der Waals surface area contributed by atoms with Crippen molar-refractivity contribution in [3.8, 4) is 0 Å². The number of nitrogens with one attached hydrogen (secondary N) is 1. The minimum Gasteiger partial charge on any atom is -0.462 e. The molecule has 0 radical (unpaired) electrons. The number of ether oxygens (including phenoxy) is 1. The molecule has 0 bridgehead atoms. The summed E-state index contributed by atoms with van der Waals surface area (Å²) in [6.07, 6.45) is 1.64. The van der Waals surface area contributed by atoms with Crippen molar-refractivity contribution >= 4 is 28.3 Å². The summed E-state index contributed by atoms with van der Waals surface area (Å²) in [5.41, 5.74) is 0.321. The van der Waals surface area contributed by atoms with Gasteiger partial charge in [0.15, 0.2) is 10.9 Å². The third kappa shape index (κ3) is 4.32. The molecule has 0 saturated heterocycles. The number of anilines is 1. The summed E-state index contributed by atoms with van der Waals surface area (Å²) in [5.74, 6) is -0.414. The molecule has 8 nitrogen and oxygen atoms in total. The largest absolute Gasteiger partial charge is 0.462 e. The standard InChI is InChI=1S/C18H17N3O5S/c1-3-25-17(24)15-11(2)19-18(27-15)20-16(23)13-8-7-12(26-13)10-21-9-5-4-6-14(21)22/h4-9H,3,10H2,1-2H3,(H,19,20,23). The van der Waals surface area contributed by atoms with E-state index in [9.17, 15) is 14.4 Å². The molecule has 27 heavy (non-hydrogen) atoms. The Morgan fingerprint density at radius 3 is 2.85 bits per heavy atom. The third-order valence-corrected chi connectivity index (χ3v) is 4.64. The quantitative estimate of drug-likeness (QED) is 0.652. The van der Waals surface area contributed by atoms with Gasteiger partial charge in [-0.25, -0.2) is 9.78 Å². The molecule has 0 aromatic carbocycles. The molecule has 0 aliphatic rings. The Morgan fingerprint density at radius 2 is 2.11 bits per heavy atom. The Bertz CT molecular complexity index is 1030. The van der Waals surface area contributed by atoms with Gasteiger partial charge in [0.05, 0.1) is 18.8 Å². The van der Waals surface area contributed by atoms with Crippen LogP contribution >= 0.6 is 11.3 Å². The minimum absolute atomic E-state index is 0.0829. The van der Waals surface area contributed by atoms with E-state index in [0.29, 0.717) is 16.3 Å². The van der Waals surface area contributed by atoms with Crippen molar-refractivity contribution in [2.45, 2.75) is 20.4 Å². The highest BCUT2D eigenvalue weighted by Crippen LogP contribution is 2.24.